The third-order valence-electron chi connectivity index (χ3n) is 4.91. The van der Waals surface area contributed by atoms with Gasteiger partial charge in [0.25, 0.3) is 5.91 Å². The number of ether oxygens (including phenoxy) is 1. The second-order valence-corrected chi connectivity index (χ2v) is 7.55. The number of nitrogens with zero attached hydrogens (tertiary/aromatic N) is 3. The highest BCUT2D eigenvalue weighted by molar-refractivity contribution is 6.29. The van der Waals surface area contributed by atoms with Crippen LogP contribution < -0.4 is 5.32 Å². The third-order valence-corrected chi connectivity index (χ3v) is 5.26. The van der Waals surface area contributed by atoms with E-state index >= 15 is 0 Å². The topological polar surface area (TPSA) is 76.5 Å². The van der Waals surface area contributed by atoms with E-state index in [4.69, 9.17) is 16.3 Å². The van der Waals surface area contributed by atoms with Crippen molar-refractivity contribution in [1.29, 1.82) is 0 Å². The van der Waals surface area contributed by atoms with E-state index in [-0.39, 0.29) is 23.3 Å². The molecule has 2 aliphatic rings. The van der Waals surface area contributed by atoms with Gasteiger partial charge in [-0.05, 0) is 25.7 Å². The Balaban J connectivity index is 1.49. The number of aromatic nitrogens is 2. The first-order chi connectivity index (χ1) is 11.9. The van der Waals surface area contributed by atoms with Gasteiger partial charge in [0.05, 0.1) is 6.61 Å². The highest BCUT2D eigenvalue weighted by Gasteiger charge is 2.44. The molecule has 0 saturated heterocycles. The quantitative estimate of drug-likeness (QED) is 0.718. The molecular formula is C17H25ClN4O3. The SMILES string of the molecule is COCC1(CC(=O)NCCN(C(=O)c2cc(Cl)n(C)n2)C2CC2)CC1. The lowest BCUT2D eigenvalue weighted by molar-refractivity contribution is -0.122. The van der Waals surface area contributed by atoms with E-state index in [0.717, 1.165) is 25.7 Å². The Morgan fingerprint density at radius 3 is 2.72 bits per heavy atom. The number of carbonyl (C=O) groups is 2. The fourth-order valence-electron chi connectivity index (χ4n) is 3.11. The fraction of sp³-hybridized carbons (Fsp3) is 0.706. The Labute approximate surface area is 152 Å². The van der Waals surface area contributed by atoms with Crippen molar-refractivity contribution < 1.29 is 14.3 Å². The smallest absolute Gasteiger partial charge is 0.274 e. The van der Waals surface area contributed by atoms with Crippen LogP contribution in [0.25, 0.3) is 0 Å². The van der Waals surface area contributed by atoms with Crippen molar-refractivity contribution in [3.8, 4) is 0 Å². The van der Waals surface area contributed by atoms with E-state index in [0.29, 0.717) is 37.0 Å². The maximum Gasteiger partial charge on any atom is 0.274 e. The summed E-state index contributed by atoms with van der Waals surface area (Å²) in [6.07, 6.45) is 4.57. The summed E-state index contributed by atoms with van der Waals surface area (Å²) in [5, 5.41) is 7.52. The van der Waals surface area contributed by atoms with Crippen LogP contribution in [0, 0.1) is 5.41 Å². The van der Waals surface area contributed by atoms with Gasteiger partial charge in [-0.15, -0.1) is 0 Å². The van der Waals surface area contributed by atoms with Crippen LogP contribution in [0.3, 0.4) is 0 Å². The zero-order valence-electron chi connectivity index (χ0n) is 14.8. The lowest BCUT2D eigenvalue weighted by Gasteiger charge is -2.22. The second kappa shape index (κ2) is 7.33. The van der Waals surface area contributed by atoms with Crippen LogP contribution in [0.2, 0.25) is 5.15 Å². The van der Waals surface area contributed by atoms with Crippen molar-refractivity contribution in [3.05, 3.63) is 16.9 Å². The van der Waals surface area contributed by atoms with Crippen LogP contribution in [0.15, 0.2) is 6.07 Å². The molecule has 2 aliphatic carbocycles. The predicted octanol–water partition coefficient (Wildman–Crippen LogP) is 1.61. The molecule has 0 spiro atoms. The van der Waals surface area contributed by atoms with Gasteiger partial charge in [-0.25, -0.2) is 0 Å². The molecule has 8 heteroatoms. The lowest BCUT2D eigenvalue weighted by atomic mass is 10.0. The molecule has 3 rings (SSSR count). The molecule has 0 bridgehead atoms. The summed E-state index contributed by atoms with van der Waals surface area (Å²) in [6.45, 7) is 1.57. The van der Waals surface area contributed by atoms with Crippen molar-refractivity contribution in [1.82, 2.24) is 20.0 Å². The van der Waals surface area contributed by atoms with Crippen LogP contribution >= 0.6 is 11.6 Å². The summed E-state index contributed by atoms with van der Waals surface area (Å²) in [4.78, 5) is 26.6. The molecular weight excluding hydrogens is 344 g/mol. The largest absolute Gasteiger partial charge is 0.384 e. The molecule has 1 aromatic heterocycles. The van der Waals surface area contributed by atoms with Crippen LogP contribution in [0.4, 0.5) is 0 Å². The number of rotatable bonds is 9. The lowest BCUT2D eigenvalue weighted by Crippen LogP contribution is -2.40. The molecule has 0 radical (unpaired) electrons. The van der Waals surface area contributed by atoms with Crippen molar-refractivity contribution >= 4 is 23.4 Å². The summed E-state index contributed by atoms with van der Waals surface area (Å²) in [7, 11) is 3.37. The molecule has 0 unspecified atom stereocenters. The van der Waals surface area contributed by atoms with Gasteiger partial charge in [-0.1, -0.05) is 11.6 Å². The van der Waals surface area contributed by atoms with Gasteiger partial charge < -0.3 is 15.0 Å². The van der Waals surface area contributed by atoms with E-state index in [1.807, 2.05) is 0 Å². The number of hydrogen-bond donors (Lipinski definition) is 1. The molecule has 138 valence electrons. The maximum absolute atomic E-state index is 12.7. The first-order valence-corrected chi connectivity index (χ1v) is 9.08. The van der Waals surface area contributed by atoms with Gasteiger partial charge in [-0.3, -0.25) is 14.3 Å². The van der Waals surface area contributed by atoms with Crippen molar-refractivity contribution in [2.24, 2.45) is 12.5 Å². The standard InChI is InChI=1S/C17H25ClN4O3/c1-21-14(18)9-13(20-21)16(24)22(12-3-4-12)8-7-19-15(23)10-17(5-6-17)11-25-2/h9,12H,3-8,10-11H2,1-2H3,(H,19,23). The minimum Gasteiger partial charge on any atom is -0.384 e. The van der Waals surface area contributed by atoms with E-state index in [1.165, 1.54) is 4.68 Å². The van der Waals surface area contributed by atoms with Crippen molar-refractivity contribution in [3.63, 3.8) is 0 Å². The van der Waals surface area contributed by atoms with Gasteiger partial charge in [0.1, 0.15) is 5.15 Å². The van der Waals surface area contributed by atoms with E-state index in [2.05, 4.69) is 10.4 Å². The molecule has 25 heavy (non-hydrogen) atoms. The first-order valence-electron chi connectivity index (χ1n) is 8.70. The number of aryl methyl sites for hydroxylation is 1. The van der Waals surface area contributed by atoms with E-state index in [1.54, 1.807) is 25.1 Å². The van der Waals surface area contributed by atoms with E-state index < -0.39 is 0 Å². The van der Waals surface area contributed by atoms with Crippen LogP contribution in [-0.4, -0.2) is 59.3 Å². The Bertz CT molecular complexity index is 633. The van der Waals surface area contributed by atoms with Crippen LogP contribution in [0.5, 0.6) is 0 Å². The van der Waals surface area contributed by atoms with Crippen LogP contribution in [0.1, 0.15) is 42.6 Å². The normalized spacial score (nSPS) is 18.0. The molecule has 2 fully saturated rings. The third kappa shape index (κ3) is 4.52. The highest BCUT2D eigenvalue weighted by atomic mass is 35.5. The molecule has 0 atom stereocenters. The Morgan fingerprint density at radius 1 is 1.48 bits per heavy atom. The minimum atomic E-state index is -0.128. The number of methoxy groups -OCH3 is 1. The molecule has 0 aromatic carbocycles. The second-order valence-electron chi connectivity index (χ2n) is 7.17. The Morgan fingerprint density at radius 2 is 2.20 bits per heavy atom. The van der Waals surface area contributed by atoms with Gasteiger partial charge in [0.2, 0.25) is 5.91 Å². The average Bonchev–Trinajstić information content (AvgIpc) is 3.47. The summed E-state index contributed by atoms with van der Waals surface area (Å²) in [5.74, 6) is -0.101. The molecule has 2 amide bonds. The number of amides is 2. The summed E-state index contributed by atoms with van der Waals surface area (Å²) in [5.41, 5.74) is 0.387. The Hall–Kier alpha value is -1.60. The maximum atomic E-state index is 12.7. The fourth-order valence-corrected chi connectivity index (χ4v) is 3.25. The molecule has 2 saturated carbocycles. The molecule has 7 nitrogen and oxygen atoms in total. The zero-order chi connectivity index (χ0) is 18.0. The minimum absolute atomic E-state index is 0.0265. The van der Waals surface area contributed by atoms with Gasteiger partial charge >= 0.3 is 0 Å². The average molecular weight is 369 g/mol. The number of nitrogens with one attached hydrogen (secondary N) is 1. The van der Waals surface area contributed by atoms with Gasteiger partial charge in [0.15, 0.2) is 5.69 Å². The Kier molecular flexibility index (Phi) is 5.34. The number of halogens is 1. The molecule has 0 aliphatic heterocycles. The summed E-state index contributed by atoms with van der Waals surface area (Å²) < 4.78 is 6.67. The predicted molar refractivity (Wildman–Crippen MR) is 93.4 cm³/mol. The monoisotopic (exact) mass is 368 g/mol. The van der Waals surface area contributed by atoms with Crippen LogP contribution in [-0.2, 0) is 16.6 Å². The zero-order valence-corrected chi connectivity index (χ0v) is 15.5. The molecule has 1 aromatic rings. The first kappa shape index (κ1) is 18.2. The summed E-state index contributed by atoms with van der Waals surface area (Å²) in [6, 6.07) is 1.83. The number of hydrogen-bond acceptors (Lipinski definition) is 4. The van der Waals surface area contributed by atoms with E-state index in [9.17, 15) is 9.59 Å². The molecule has 1 heterocycles. The summed E-state index contributed by atoms with van der Waals surface area (Å²) >= 11 is 5.97. The molecule has 1 N–H and O–H groups in total. The number of carbonyl (C=O) groups excluding carboxylic acids is 2. The van der Waals surface area contributed by atoms with Gasteiger partial charge in [0, 0.05) is 51.2 Å². The highest BCUT2D eigenvalue weighted by Crippen LogP contribution is 2.48. The van der Waals surface area contributed by atoms with Crippen molar-refractivity contribution in [2.75, 3.05) is 26.8 Å². The van der Waals surface area contributed by atoms with Gasteiger partial charge in [-0.2, -0.15) is 5.10 Å². The van der Waals surface area contributed by atoms with Crippen molar-refractivity contribution in [2.45, 2.75) is 38.1 Å².